The van der Waals surface area contributed by atoms with Gasteiger partial charge in [0.25, 0.3) is 0 Å². The van der Waals surface area contributed by atoms with Gasteiger partial charge in [-0.15, -0.1) is 0 Å². The van der Waals surface area contributed by atoms with E-state index in [1.165, 1.54) is 0 Å². The second-order valence-electron chi connectivity index (χ2n) is 10.3. The van der Waals surface area contributed by atoms with Crippen molar-refractivity contribution < 1.29 is 18.7 Å². The van der Waals surface area contributed by atoms with Crippen LogP contribution in [0.4, 0.5) is 0 Å². The summed E-state index contributed by atoms with van der Waals surface area (Å²) in [5.74, 6) is -0.0171. The Balaban J connectivity index is 1.42. The number of ether oxygens (including phenoxy) is 1. The van der Waals surface area contributed by atoms with E-state index in [0.717, 1.165) is 29.8 Å². The molecular weight excluding hydrogens is 514 g/mol. The molecule has 7 heteroatoms. The molecule has 1 aliphatic rings. The highest BCUT2D eigenvalue weighted by molar-refractivity contribution is 5.91. The molecule has 0 radical (unpaired) electrons. The zero-order valence-electron chi connectivity index (χ0n) is 23.3. The average Bonchev–Trinajstić information content (AvgIpc) is 3.54. The summed E-state index contributed by atoms with van der Waals surface area (Å²) >= 11 is 0. The van der Waals surface area contributed by atoms with Gasteiger partial charge in [0.1, 0.15) is 5.76 Å². The van der Waals surface area contributed by atoms with Crippen LogP contribution in [0.25, 0.3) is 0 Å². The smallest absolute Gasteiger partial charge is 0.242 e. The van der Waals surface area contributed by atoms with E-state index >= 15 is 0 Å². The molecule has 7 nitrogen and oxygen atoms in total. The van der Waals surface area contributed by atoms with Crippen molar-refractivity contribution >= 4 is 11.8 Å². The summed E-state index contributed by atoms with van der Waals surface area (Å²) in [6.07, 6.45) is 1.61. The lowest BCUT2D eigenvalue weighted by molar-refractivity contribution is -0.142. The van der Waals surface area contributed by atoms with E-state index in [-0.39, 0.29) is 18.4 Å². The highest BCUT2D eigenvalue weighted by Gasteiger charge is 2.30. The number of hydrogen-bond acceptors (Lipinski definition) is 5. The van der Waals surface area contributed by atoms with Crippen molar-refractivity contribution in [3.63, 3.8) is 0 Å². The molecule has 0 unspecified atom stereocenters. The minimum absolute atomic E-state index is 0.0209. The molecule has 2 heterocycles. The number of carbonyl (C=O) groups excluding carboxylic acids is 2. The lowest BCUT2D eigenvalue weighted by atomic mass is 9.90. The first-order chi connectivity index (χ1) is 20.2. The molecule has 4 aromatic rings. The van der Waals surface area contributed by atoms with Crippen molar-refractivity contribution in [1.29, 1.82) is 0 Å². The molecule has 0 N–H and O–H groups in total. The maximum Gasteiger partial charge on any atom is 0.242 e. The van der Waals surface area contributed by atoms with Crippen LogP contribution in [0, 0.1) is 0 Å². The molecule has 1 saturated heterocycles. The van der Waals surface area contributed by atoms with Crippen LogP contribution in [0.3, 0.4) is 0 Å². The van der Waals surface area contributed by atoms with Gasteiger partial charge in [0.2, 0.25) is 11.8 Å². The summed E-state index contributed by atoms with van der Waals surface area (Å²) in [6, 6.07) is 33.2. The maximum atomic E-state index is 14.4. The Hall–Kier alpha value is -4.20. The molecule has 0 saturated carbocycles. The zero-order valence-corrected chi connectivity index (χ0v) is 23.3. The lowest BCUT2D eigenvalue weighted by Gasteiger charge is -2.33. The van der Waals surface area contributed by atoms with Gasteiger partial charge in [-0.3, -0.25) is 14.5 Å². The number of hydrogen-bond donors (Lipinski definition) is 0. The topological polar surface area (TPSA) is 66.2 Å². The molecule has 1 aromatic heterocycles. The number of morpholine rings is 1. The van der Waals surface area contributed by atoms with Crippen LogP contribution >= 0.6 is 0 Å². The first-order valence-corrected chi connectivity index (χ1v) is 14.2. The van der Waals surface area contributed by atoms with Gasteiger partial charge in [-0.1, -0.05) is 91.0 Å². The van der Waals surface area contributed by atoms with Gasteiger partial charge in [0.15, 0.2) is 0 Å². The summed E-state index contributed by atoms with van der Waals surface area (Å²) < 4.78 is 11.1. The van der Waals surface area contributed by atoms with Crippen LogP contribution in [-0.2, 0) is 27.4 Å². The number of rotatable bonds is 12. The van der Waals surface area contributed by atoms with Gasteiger partial charge in [0.05, 0.1) is 38.5 Å². The van der Waals surface area contributed by atoms with Crippen molar-refractivity contribution in [2.24, 2.45) is 0 Å². The average molecular weight is 552 g/mol. The minimum Gasteiger partial charge on any atom is -0.467 e. The van der Waals surface area contributed by atoms with Crippen LogP contribution in [0.2, 0.25) is 0 Å². The molecule has 1 aliphatic heterocycles. The standard InChI is InChI=1S/C34H37N3O4/c38-32(37(26-31-17-10-22-41-31)25-28-11-4-1-5-12-28)27-36(19-18-35-20-23-40-24-21-35)34(39)33(29-13-6-2-7-14-29)30-15-8-3-9-16-30/h1-17,22,33H,18-21,23-27H2. The highest BCUT2D eigenvalue weighted by atomic mass is 16.5. The summed E-state index contributed by atoms with van der Waals surface area (Å²) in [4.78, 5) is 34.2. The number of benzene rings is 3. The van der Waals surface area contributed by atoms with E-state index in [1.54, 1.807) is 16.1 Å². The Bertz CT molecular complexity index is 1300. The monoisotopic (exact) mass is 551 g/mol. The molecule has 0 aliphatic carbocycles. The molecular formula is C34H37N3O4. The van der Waals surface area contributed by atoms with Crippen molar-refractivity contribution in [3.8, 4) is 0 Å². The third kappa shape index (κ3) is 7.93. The zero-order chi connectivity index (χ0) is 28.3. The Labute approximate surface area is 241 Å². The molecule has 3 aromatic carbocycles. The third-order valence-electron chi connectivity index (χ3n) is 7.44. The van der Waals surface area contributed by atoms with Crippen molar-refractivity contribution in [2.45, 2.75) is 19.0 Å². The molecule has 1 fully saturated rings. The van der Waals surface area contributed by atoms with Crippen LogP contribution in [-0.4, -0.2) is 72.5 Å². The molecule has 2 amide bonds. The van der Waals surface area contributed by atoms with E-state index in [0.29, 0.717) is 45.2 Å². The van der Waals surface area contributed by atoms with Gasteiger partial charge in [-0.2, -0.15) is 0 Å². The number of furan rings is 1. The van der Waals surface area contributed by atoms with E-state index < -0.39 is 5.92 Å². The SMILES string of the molecule is O=C(CN(CCN1CCOCC1)C(=O)C(c1ccccc1)c1ccccc1)N(Cc1ccccc1)Cc1ccco1. The van der Waals surface area contributed by atoms with Gasteiger partial charge in [-0.05, 0) is 28.8 Å². The lowest BCUT2D eigenvalue weighted by Crippen LogP contribution is -2.48. The van der Waals surface area contributed by atoms with Gasteiger partial charge in [0, 0.05) is 32.7 Å². The summed E-state index contributed by atoms with van der Waals surface area (Å²) in [7, 11) is 0. The first kappa shape index (κ1) is 28.3. The van der Waals surface area contributed by atoms with Crippen LogP contribution in [0.1, 0.15) is 28.4 Å². The Kier molecular flexibility index (Phi) is 9.98. The molecule has 0 spiro atoms. The first-order valence-electron chi connectivity index (χ1n) is 14.2. The summed E-state index contributed by atoms with van der Waals surface area (Å²) in [5, 5.41) is 0. The Morgan fingerprint density at radius 2 is 1.34 bits per heavy atom. The second kappa shape index (κ2) is 14.4. The molecule has 0 atom stereocenters. The molecule has 0 bridgehead atoms. The predicted octanol–water partition coefficient (Wildman–Crippen LogP) is 4.80. The maximum absolute atomic E-state index is 14.4. The van der Waals surface area contributed by atoms with Gasteiger partial charge < -0.3 is 19.0 Å². The molecule has 5 rings (SSSR count). The fourth-order valence-electron chi connectivity index (χ4n) is 5.20. The van der Waals surface area contributed by atoms with E-state index in [2.05, 4.69) is 4.90 Å². The fraction of sp³-hybridized carbons (Fsp3) is 0.294. The Morgan fingerprint density at radius 3 is 1.93 bits per heavy atom. The molecule has 212 valence electrons. The number of carbonyl (C=O) groups is 2. The summed E-state index contributed by atoms with van der Waals surface area (Å²) in [5.41, 5.74) is 2.83. The van der Waals surface area contributed by atoms with Gasteiger partial charge >= 0.3 is 0 Å². The third-order valence-corrected chi connectivity index (χ3v) is 7.44. The van der Waals surface area contributed by atoms with Crippen molar-refractivity contribution in [3.05, 3.63) is 132 Å². The normalized spacial score (nSPS) is 13.7. The van der Waals surface area contributed by atoms with E-state index in [9.17, 15) is 9.59 Å². The van der Waals surface area contributed by atoms with E-state index in [1.807, 2.05) is 103 Å². The van der Waals surface area contributed by atoms with Crippen LogP contribution in [0.15, 0.2) is 114 Å². The second-order valence-corrected chi connectivity index (χ2v) is 10.3. The predicted molar refractivity (Wildman–Crippen MR) is 158 cm³/mol. The number of nitrogens with zero attached hydrogens (tertiary/aromatic N) is 3. The van der Waals surface area contributed by atoms with E-state index in [4.69, 9.17) is 9.15 Å². The quantitative estimate of drug-likeness (QED) is 0.253. The minimum atomic E-state index is -0.512. The number of amides is 2. The molecule has 41 heavy (non-hydrogen) atoms. The Morgan fingerprint density at radius 1 is 0.732 bits per heavy atom. The van der Waals surface area contributed by atoms with Crippen molar-refractivity contribution in [1.82, 2.24) is 14.7 Å². The summed E-state index contributed by atoms with van der Waals surface area (Å²) in [6.45, 7) is 4.84. The largest absolute Gasteiger partial charge is 0.467 e. The highest BCUT2D eigenvalue weighted by Crippen LogP contribution is 2.27. The van der Waals surface area contributed by atoms with Crippen LogP contribution in [0.5, 0.6) is 0 Å². The fourth-order valence-corrected chi connectivity index (χ4v) is 5.20. The van der Waals surface area contributed by atoms with Crippen LogP contribution < -0.4 is 0 Å². The van der Waals surface area contributed by atoms with Gasteiger partial charge in [-0.25, -0.2) is 0 Å². The van der Waals surface area contributed by atoms with Crippen molar-refractivity contribution in [2.75, 3.05) is 45.9 Å².